The van der Waals surface area contributed by atoms with Crippen molar-refractivity contribution in [2.75, 3.05) is 6.61 Å². The van der Waals surface area contributed by atoms with Gasteiger partial charge in [0.1, 0.15) is 0 Å². The van der Waals surface area contributed by atoms with Gasteiger partial charge in [-0.3, -0.25) is 0 Å². The predicted octanol–water partition coefficient (Wildman–Crippen LogP) is 4.95. The van der Waals surface area contributed by atoms with Crippen molar-refractivity contribution in [3.63, 3.8) is 0 Å². The van der Waals surface area contributed by atoms with E-state index in [1.165, 1.54) is 17.4 Å². The monoisotopic (exact) mass is 360 g/mol. The van der Waals surface area contributed by atoms with Gasteiger partial charge in [-0.15, -0.1) is 11.3 Å². The fraction of sp³-hybridized carbons (Fsp3) is 0.111. The number of halogens is 1. The molecule has 1 aromatic heterocycles. The third kappa shape index (κ3) is 3.27. The van der Waals surface area contributed by atoms with Crippen LogP contribution >= 0.6 is 22.9 Å². The van der Waals surface area contributed by atoms with Gasteiger partial charge in [0.05, 0.1) is 12.2 Å². The largest absolute Gasteiger partial charge is 0.462 e. The van der Waals surface area contributed by atoms with Gasteiger partial charge >= 0.3 is 11.9 Å². The lowest BCUT2D eigenvalue weighted by atomic mass is 10.2. The molecular weight excluding hydrogens is 348 g/mol. The van der Waals surface area contributed by atoms with Crippen LogP contribution in [0.2, 0.25) is 5.02 Å². The maximum absolute atomic E-state index is 12.4. The lowest BCUT2D eigenvalue weighted by Gasteiger charge is -2.06. The van der Waals surface area contributed by atoms with E-state index >= 15 is 0 Å². The molecule has 0 spiro atoms. The lowest BCUT2D eigenvalue weighted by molar-refractivity contribution is 0.0527. The van der Waals surface area contributed by atoms with Crippen molar-refractivity contribution in [2.45, 2.75) is 6.92 Å². The molecule has 0 amide bonds. The molecule has 0 aliphatic carbocycles. The van der Waals surface area contributed by atoms with Crippen LogP contribution in [0.4, 0.5) is 0 Å². The van der Waals surface area contributed by atoms with E-state index in [0.717, 1.165) is 4.70 Å². The first-order chi connectivity index (χ1) is 11.6. The summed E-state index contributed by atoms with van der Waals surface area (Å²) < 4.78 is 11.4. The van der Waals surface area contributed by atoms with E-state index in [1.807, 2.05) is 18.2 Å². The molecule has 6 heteroatoms. The first-order valence-corrected chi connectivity index (χ1v) is 8.46. The van der Waals surface area contributed by atoms with Crippen LogP contribution in [0.5, 0.6) is 5.75 Å². The Morgan fingerprint density at radius 1 is 1.08 bits per heavy atom. The van der Waals surface area contributed by atoms with Gasteiger partial charge < -0.3 is 9.47 Å². The normalized spacial score (nSPS) is 10.6. The Kier molecular flexibility index (Phi) is 4.83. The fourth-order valence-corrected chi connectivity index (χ4v) is 3.44. The summed E-state index contributed by atoms with van der Waals surface area (Å²) in [7, 11) is 0. The quantitative estimate of drug-likeness (QED) is 0.618. The molecule has 0 bridgehead atoms. The second-order valence-corrected chi connectivity index (χ2v) is 6.37. The van der Waals surface area contributed by atoms with Gasteiger partial charge in [0.25, 0.3) is 0 Å². The first-order valence-electron chi connectivity index (χ1n) is 7.26. The van der Waals surface area contributed by atoms with Gasteiger partial charge in [0, 0.05) is 15.1 Å². The minimum absolute atomic E-state index is 0.221. The number of carbonyl (C=O) groups is 2. The molecule has 0 atom stereocenters. The van der Waals surface area contributed by atoms with E-state index in [1.54, 1.807) is 31.2 Å². The number of ether oxygens (including phenoxy) is 2. The maximum atomic E-state index is 12.4. The molecule has 0 saturated carbocycles. The topological polar surface area (TPSA) is 52.6 Å². The Balaban J connectivity index is 2.02. The first kappa shape index (κ1) is 16.5. The molecule has 0 unspecified atom stereocenters. The zero-order valence-corrected chi connectivity index (χ0v) is 14.3. The third-order valence-electron chi connectivity index (χ3n) is 3.27. The van der Waals surface area contributed by atoms with Crippen molar-refractivity contribution in [3.8, 4) is 5.75 Å². The molecule has 0 aliphatic heterocycles. The van der Waals surface area contributed by atoms with E-state index < -0.39 is 11.9 Å². The molecule has 0 aliphatic rings. The van der Waals surface area contributed by atoms with Crippen LogP contribution in [0.1, 0.15) is 27.0 Å². The van der Waals surface area contributed by atoms with Crippen LogP contribution in [-0.4, -0.2) is 18.5 Å². The van der Waals surface area contributed by atoms with Crippen LogP contribution in [0.15, 0.2) is 48.5 Å². The average molecular weight is 361 g/mol. The summed E-state index contributed by atoms with van der Waals surface area (Å²) in [6.45, 7) is 1.97. The van der Waals surface area contributed by atoms with E-state index in [-0.39, 0.29) is 17.2 Å². The van der Waals surface area contributed by atoms with Crippen LogP contribution in [0, 0.1) is 0 Å². The predicted molar refractivity (Wildman–Crippen MR) is 94.2 cm³/mol. The van der Waals surface area contributed by atoms with Gasteiger partial charge in [-0.2, -0.15) is 0 Å². The Hall–Kier alpha value is -2.37. The standard InChI is InChI=1S/C18H13ClO4S/c1-2-22-18(21)16-15(13-8-3-4-9-14(13)24-16)23-17(20)11-6-5-7-12(19)10-11/h3-10H,2H2,1H3. The van der Waals surface area contributed by atoms with E-state index in [4.69, 9.17) is 21.1 Å². The van der Waals surface area contributed by atoms with Crippen LogP contribution in [0.25, 0.3) is 10.1 Å². The molecule has 3 rings (SSSR count). The highest BCUT2D eigenvalue weighted by atomic mass is 35.5. The van der Waals surface area contributed by atoms with Gasteiger partial charge in [0.2, 0.25) is 0 Å². The number of hydrogen-bond acceptors (Lipinski definition) is 5. The molecule has 2 aromatic carbocycles. The Morgan fingerprint density at radius 2 is 1.88 bits per heavy atom. The highest BCUT2D eigenvalue weighted by molar-refractivity contribution is 7.21. The van der Waals surface area contributed by atoms with Crippen LogP contribution < -0.4 is 4.74 Å². The van der Waals surface area contributed by atoms with Gasteiger partial charge in [-0.05, 0) is 37.3 Å². The number of fused-ring (bicyclic) bond motifs is 1. The highest BCUT2D eigenvalue weighted by Gasteiger charge is 2.23. The zero-order chi connectivity index (χ0) is 17.1. The molecule has 4 nitrogen and oxygen atoms in total. The van der Waals surface area contributed by atoms with Gasteiger partial charge in [0.15, 0.2) is 10.6 Å². The van der Waals surface area contributed by atoms with Crippen molar-refractivity contribution in [3.05, 3.63) is 64.0 Å². The summed E-state index contributed by atoms with van der Waals surface area (Å²) in [4.78, 5) is 24.9. The number of rotatable bonds is 4. The van der Waals surface area contributed by atoms with Crippen molar-refractivity contribution in [1.29, 1.82) is 0 Å². The molecule has 0 N–H and O–H groups in total. The van der Waals surface area contributed by atoms with E-state index in [2.05, 4.69) is 0 Å². The summed E-state index contributed by atoms with van der Waals surface area (Å²) in [5, 5.41) is 1.13. The summed E-state index contributed by atoms with van der Waals surface area (Å²) in [6, 6.07) is 13.8. The summed E-state index contributed by atoms with van der Waals surface area (Å²) >= 11 is 7.14. The van der Waals surface area contributed by atoms with Crippen molar-refractivity contribution >= 4 is 45.0 Å². The van der Waals surface area contributed by atoms with E-state index in [0.29, 0.717) is 16.0 Å². The van der Waals surface area contributed by atoms with Crippen molar-refractivity contribution in [1.82, 2.24) is 0 Å². The molecule has 0 saturated heterocycles. The summed E-state index contributed by atoms with van der Waals surface area (Å²) in [5.74, 6) is -0.863. The molecular formula is C18H13ClO4S. The summed E-state index contributed by atoms with van der Waals surface area (Å²) in [6.07, 6.45) is 0. The molecule has 0 fully saturated rings. The van der Waals surface area contributed by atoms with Gasteiger partial charge in [-0.25, -0.2) is 9.59 Å². The maximum Gasteiger partial charge on any atom is 0.352 e. The van der Waals surface area contributed by atoms with Crippen LogP contribution in [0.3, 0.4) is 0 Å². The minimum atomic E-state index is -0.577. The number of hydrogen-bond donors (Lipinski definition) is 0. The second kappa shape index (κ2) is 7.03. The van der Waals surface area contributed by atoms with Gasteiger partial charge in [-0.1, -0.05) is 29.8 Å². The zero-order valence-electron chi connectivity index (χ0n) is 12.7. The van der Waals surface area contributed by atoms with Crippen LogP contribution in [-0.2, 0) is 4.74 Å². The average Bonchev–Trinajstić information content (AvgIpc) is 2.94. The Bertz CT molecular complexity index is 916. The number of benzene rings is 2. The van der Waals surface area contributed by atoms with Crippen molar-refractivity contribution in [2.24, 2.45) is 0 Å². The summed E-state index contributed by atoms with van der Waals surface area (Å²) in [5.41, 5.74) is 0.313. The number of esters is 2. The highest BCUT2D eigenvalue weighted by Crippen LogP contribution is 2.38. The SMILES string of the molecule is CCOC(=O)c1sc2ccccc2c1OC(=O)c1cccc(Cl)c1. The lowest BCUT2D eigenvalue weighted by Crippen LogP contribution is -2.11. The van der Waals surface area contributed by atoms with E-state index in [9.17, 15) is 9.59 Å². The Labute approximate surface area is 147 Å². The molecule has 24 heavy (non-hydrogen) atoms. The number of carbonyl (C=O) groups excluding carboxylic acids is 2. The Morgan fingerprint density at radius 3 is 2.62 bits per heavy atom. The minimum Gasteiger partial charge on any atom is -0.462 e. The number of thiophene rings is 1. The smallest absolute Gasteiger partial charge is 0.352 e. The molecule has 0 radical (unpaired) electrons. The third-order valence-corrected chi connectivity index (χ3v) is 4.63. The molecule has 3 aromatic rings. The fourth-order valence-electron chi connectivity index (χ4n) is 2.22. The molecule has 1 heterocycles. The second-order valence-electron chi connectivity index (χ2n) is 4.88. The van der Waals surface area contributed by atoms with Crippen molar-refractivity contribution < 1.29 is 19.1 Å². The molecule has 122 valence electrons.